The van der Waals surface area contributed by atoms with Crippen LogP contribution >= 0.6 is 0 Å². The van der Waals surface area contributed by atoms with Crippen LogP contribution in [-0.2, 0) is 5.41 Å². The number of nitrogens with zero attached hydrogens (tertiary/aromatic N) is 1. The molecular formula is C25H29N5O3. The van der Waals surface area contributed by atoms with E-state index in [0.717, 1.165) is 16.9 Å². The molecule has 33 heavy (non-hydrogen) atoms. The molecule has 0 aliphatic heterocycles. The van der Waals surface area contributed by atoms with Crippen molar-refractivity contribution in [2.75, 3.05) is 10.6 Å². The summed E-state index contributed by atoms with van der Waals surface area (Å²) in [7, 11) is 0. The van der Waals surface area contributed by atoms with E-state index in [9.17, 15) is 14.4 Å². The Hall–Kier alpha value is -3.94. The number of hydrogen-bond donors (Lipinski definition) is 4. The first kappa shape index (κ1) is 23.7. The summed E-state index contributed by atoms with van der Waals surface area (Å²) in [6.45, 7) is 9.99. The third-order valence-electron chi connectivity index (χ3n) is 4.82. The van der Waals surface area contributed by atoms with Gasteiger partial charge in [-0.15, -0.1) is 0 Å². The zero-order chi connectivity index (χ0) is 24.2. The third-order valence-corrected chi connectivity index (χ3v) is 4.82. The van der Waals surface area contributed by atoms with Crippen LogP contribution in [0.25, 0.3) is 0 Å². The van der Waals surface area contributed by atoms with Gasteiger partial charge in [0.05, 0.1) is 0 Å². The van der Waals surface area contributed by atoms with Crippen molar-refractivity contribution < 1.29 is 9.59 Å². The minimum absolute atomic E-state index is 0.0456. The van der Waals surface area contributed by atoms with Crippen LogP contribution in [0.1, 0.15) is 60.9 Å². The molecule has 8 heteroatoms. The average molecular weight is 448 g/mol. The van der Waals surface area contributed by atoms with Crippen molar-refractivity contribution in [1.82, 2.24) is 15.3 Å². The van der Waals surface area contributed by atoms with Gasteiger partial charge in [-0.25, -0.2) is 4.98 Å². The van der Waals surface area contributed by atoms with Crippen LogP contribution in [0.4, 0.5) is 17.3 Å². The zero-order valence-electron chi connectivity index (χ0n) is 19.4. The van der Waals surface area contributed by atoms with Gasteiger partial charge in [-0.1, -0.05) is 26.8 Å². The first-order valence-corrected chi connectivity index (χ1v) is 10.7. The van der Waals surface area contributed by atoms with Gasteiger partial charge in [-0.3, -0.25) is 24.7 Å². The average Bonchev–Trinajstić information content (AvgIpc) is 2.73. The van der Waals surface area contributed by atoms with E-state index in [1.54, 1.807) is 18.2 Å². The Balaban J connectivity index is 1.88. The second-order valence-corrected chi connectivity index (χ2v) is 9.08. The highest BCUT2D eigenvalue weighted by Crippen LogP contribution is 2.33. The van der Waals surface area contributed by atoms with Crippen molar-refractivity contribution in [1.29, 1.82) is 0 Å². The van der Waals surface area contributed by atoms with Gasteiger partial charge in [0.25, 0.3) is 17.4 Å². The second kappa shape index (κ2) is 9.68. The number of carbonyl (C=O) groups excluding carboxylic acids is 2. The van der Waals surface area contributed by atoms with Crippen molar-refractivity contribution in [3.05, 3.63) is 81.8 Å². The molecule has 0 saturated carbocycles. The maximum atomic E-state index is 12.7. The molecule has 0 spiro atoms. The summed E-state index contributed by atoms with van der Waals surface area (Å²) in [5.74, 6) is -0.429. The minimum atomic E-state index is -0.381. The van der Waals surface area contributed by atoms with Crippen LogP contribution < -0.4 is 21.5 Å². The fourth-order valence-electron chi connectivity index (χ4n) is 3.27. The molecule has 0 radical (unpaired) electrons. The molecule has 0 atom stereocenters. The number of benzene rings is 2. The molecule has 1 heterocycles. The van der Waals surface area contributed by atoms with Gasteiger partial charge in [-0.2, -0.15) is 0 Å². The molecule has 0 fully saturated rings. The molecular weight excluding hydrogens is 418 g/mol. The Kier molecular flexibility index (Phi) is 6.96. The molecule has 4 N–H and O–H groups in total. The fraction of sp³-hybridized carbons (Fsp3) is 0.280. The number of aromatic nitrogens is 2. The molecule has 3 aromatic rings. The Morgan fingerprint density at radius 1 is 0.970 bits per heavy atom. The lowest BCUT2D eigenvalue weighted by molar-refractivity contribution is 0.0942. The van der Waals surface area contributed by atoms with Gasteiger partial charge in [0.2, 0.25) is 5.95 Å². The highest BCUT2D eigenvalue weighted by molar-refractivity contribution is 6.04. The molecule has 0 aliphatic carbocycles. The summed E-state index contributed by atoms with van der Waals surface area (Å²) in [5.41, 5.74) is 2.88. The predicted molar refractivity (Wildman–Crippen MR) is 130 cm³/mol. The second-order valence-electron chi connectivity index (χ2n) is 9.08. The van der Waals surface area contributed by atoms with Crippen LogP contribution in [0.5, 0.6) is 0 Å². The molecule has 2 aromatic carbocycles. The largest absolute Gasteiger partial charge is 0.355 e. The Labute approximate surface area is 192 Å². The SMILES string of the molecule is CC(C)NC(=O)c1cccc(Nc2ccc(C(=O)Nc3nccc(=O)[nH]3)cc2C(C)(C)C)c1. The summed E-state index contributed by atoms with van der Waals surface area (Å²) in [4.78, 5) is 43.0. The number of nitrogens with one attached hydrogen (secondary N) is 4. The van der Waals surface area contributed by atoms with Crippen LogP contribution in [0.15, 0.2) is 59.5 Å². The van der Waals surface area contributed by atoms with E-state index < -0.39 is 0 Å². The van der Waals surface area contributed by atoms with Gasteiger partial charge in [0.15, 0.2) is 0 Å². The predicted octanol–water partition coefficient (Wildman–Crippen LogP) is 4.20. The van der Waals surface area contributed by atoms with Gasteiger partial charge in [0, 0.05) is 40.8 Å². The number of amides is 2. The number of aromatic amines is 1. The number of H-pyrrole nitrogens is 1. The molecule has 1 aromatic heterocycles. The van der Waals surface area contributed by atoms with Crippen LogP contribution in [0.2, 0.25) is 0 Å². The summed E-state index contributed by atoms with van der Waals surface area (Å²) in [6, 6.07) is 13.9. The molecule has 0 saturated heterocycles. The topological polar surface area (TPSA) is 116 Å². The van der Waals surface area contributed by atoms with E-state index in [2.05, 4.69) is 46.7 Å². The van der Waals surface area contributed by atoms with Crippen molar-refractivity contribution in [3.63, 3.8) is 0 Å². The minimum Gasteiger partial charge on any atom is -0.355 e. The first-order chi connectivity index (χ1) is 15.5. The van der Waals surface area contributed by atoms with Crippen LogP contribution in [-0.4, -0.2) is 27.8 Å². The molecule has 0 unspecified atom stereocenters. The Bertz CT molecular complexity index is 1220. The number of anilines is 3. The standard InChI is InChI=1S/C25H29N5O3/c1-15(2)27-22(32)16-7-6-8-18(13-16)28-20-10-9-17(14-19(20)25(3,4)5)23(33)30-24-26-12-11-21(31)29-24/h6-15,28H,1-5H3,(H,27,32)(H2,26,29,30,31,33). The van der Waals surface area contributed by atoms with Gasteiger partial charge in [-0.05, 0) is 61.2 Å². The Morgan fingerprint density at radius 3 is 2.36 bits per heavy atom. The lowest BCUT2D eigenvalue weighted by Gasteiger charge is -2.24. The molecule has 0 aliphatic rings. The fourth-order valence-corrected chi connectivity index (χ4v) is 3.27. The van der Waals surface area contributed by atoms with Crippen molar-refractivity contribution in [2.45, 2.75) is 46.1 Å². The van der Waals surface area contributed by atoms with Gasteiger partial charge < -0.3 is 10.6 Å². The monoisotopic (exact) mass is 447 g/mol. The summed E-state index contributed by atoms with van der Waals surface area (Å²) in [6.07, 6.45) is 1.33. The lowest BCUT2D eigenvalue weighted by Crippen LogP contribution is -2.30. The highest BCUT2D eigenvalue weighted by atomic mass is 16.2. The van der Waals surface area contributed by atoms with E-state index >= 15 is 0 Å². The number of carbonyl (C=O) groups is 2. The van der Waals surface area contributed by atoms with E-state index in [4.69, 9.17) is 0 Å². The summed E-state index contributed by atoms with van der Waals surface area (Å²) < 4.78 is 0. The van der Waals surface area contributed by atoms with Crippen molar-refractivity contribution in [3.8, 4) is 0 Å². The third kappa shape index (κ3) is 6.29. The van der Waals surface area contributed by atoms with Crippen LogP contribution in [0, 0.1) is 0 Å². The normalized spacial score (nSPS) is 11.2. The number of hydrogen-bond acceptors (Lipinski definition) is 5. The summed E-state index contributed by atoms with van der Waals surface area (Å²) >= 11 is 0. The van der Waals surface area contributed by atoms with E-state index in [-0.39, 0.29) is 34.8 Å². The van der Waals surface area contributed by atoms with Gasteiger partial charge >= 0.3 is 0 Å². The van der Waals surface area contributed by atoms with E-state index in [1.165, 1.54) is 12.3 Å². The smallest absolute Gasteiger partial charge is 0.257 e. The van der Waals surface area contributed by atoms with E-state index in [0.29, 0.717) is 11.1 Å². The molecule has 2 amide bonds. The van der Waals surface area contributed by atoms with Crippen molar-refractivity contribution in [2.24, 2.45) is 0 Å². The molecule has 8 nitrogen and oxygen atoms in total. The number of rotatable bonds is 6. The van der Waals surface area contributed by atoms with Crippen LogP contribution in [0.3, 0.4) is 0 Å². The van der Waals surface area contributed by atoms with Crippen molar-refractivity contribution >= 4 is 29.1 Å². The maximum Gasteiger partial charge on any atom is 0.257 e. The molecule has 0 bridgehead atoms. The maximum absolute atomic E-state index is 12.7. The lowest BCUT2D eigenvalue weighted by atomic mass is 9.84. The highest BCUT2D eigenvalue weighted by Gasteiger charge is 2.21. The molecule has 172 valence electrons. The Morgan fingerprint density at radius 2 is 1.70 bits per heavy atom. The quantitative estimate of drug-likeness (QED) is 0.452. The van der Waals surface area contributed by atoms with E-state index in [1.807, 2.05) is 38.1 Å². The van der Waals surface area contributed by atoms with Gasteiger partial charge in [0.1, 0.15) is 0 Å². The first-order valence-electron chi connectivity index (χ1n) is 10.7. The molecule has 3 rings (SSSR count). The zero-order valence-corrected chi connectivity index (χ0v) is 19.4. The summed E-state index contributed by atoms with van der Waals surface area (Å²) in [5, 5.41) is 8.88.